The minimum absolute atomic E-state index is 0. The van der Waals surface area contributed by atoms with E-state index >= 15 is 0 Å². The number of hydrogen-bond donors (Lipinski definition) is 3. The molecule has 174 valence electrons. The van der Waals surface area contributed by atoms with Gasteiger partial charge < -0.3 is 53.9 Å². The van der Waals surface area contributed by atoms with Gasteiger partial charge in [0.25, 0.3) is 0 Å². The van der Waals surface area contributed by atoms with Crippen molar-refractivity contribution in [1.29, 1.82) is 2.56 Å². The van der Waals surface area contributed by atoms with E-state index in [1.165, 1.54) is 9.80 Å². The largest absolute Gasteiger partial charge is 3.00 e. The first kappa shape index (κ1) is 34.3. The zero-order valence-corrected chi connectivity index (χ0v) is 22.1. The second-order valence-electron chi connectivity index (χ2n) is 6.28. The molecular formula is C18H37N2O7P2Sc. The van der Waals surface area contributed by atoms with Crippen LogP contribution in [0.25, 0.3) is 0 Å². The molecule has 0 rings (SSSR count). The molecule has 0 radical (unpaired) electrons. The third kappa shape index (κ3) is 27.7. The van der Waals surface area contributed by atoms with Crippen LogP contribution >= 0.6 is 18.4 Å². The molecule has 0 amide bonds. The first-order valence-electron chi connectivity index (χ1n) is 9.46. The summed E-state index contributed by atoms with van der Waals surface area (Å²) < 4.78 is 12.2. The van der Waals surface area contributed by atoms with Crippen molar-refractivity contribution in [1.82, 2.24) is 9.80 Å². The van der Waals surface area contributed by atoms with Crippen molar-refractivity contribution >= 4 is 42.1 Å². The Bertz CT molecular complexity index is 496. The summed E-state index contributed by atoms with van der Waals surface area (Å²) in [5.41, 5.74) is -0.626. The van der Waals surface area contributed by atoms with E-state index in [9.17, 15) is 19.2 Å². The Labute approximate surface area is 207 Å². The van der Waals surface area contributed by atoms with E-state index < -0.39 is 36.4 Å². The summed E-state index contributed by atoms with van der Waals surface area (Å²) in [5, 5.41) is 26.4. The van der Waals surface area contributed by atoms with Crippen LogP contribution in [0, 0.1) is 25.7 Å². The Morgan fingerprint density at radius 2 is 1.03 bits per heavy atom. The van der Waals surface area contributed by atoms with Crippen LogP contribution in [0.15, 0.2) is 0 Å². The maximum Gasteiger partial charge on any atom is 3.00 e. The minimum Gasteiger partial charge on any atom is -0.480 e. The van der Waals surface area contributed by atoms with Crippen molar-refractivity contribution in [2.45, 2.75) is 27.7 Å². The number of nitrogens with zero attached hydrogens (tertiary/aromatic N) is 2. The molecule has 2 atom stereocenters. The van der Waals surface area contributed by atoms with E-state index in [4.69, 9.17) is 17.9 Å². The molecule has 0 aliphatic heterocycles. The molecule has 9 nitrogen and oxygen atoms in total. The zero-order chi connectivity index (χ0) is 25.6. The summed E-state index contributed by atoms with van der Waals surface area (Å²) in [6, 6.07) is 0. The van der Waals surface area contributed by atoms with E-state index in [-0.39, 0.29) is 76.2 Å². The van der Waals surface area contributed by atoms with Gasteiger partial charge in [0.15, 0.2) is 5.78 Å². The van der Waals surface area contributed by atoms with Crippen molar-refractivity contribution in [2.75, 3.05) is 39.3 Å². The number of carboxylic acids is 3. The van der Waals surface area contributed by atoms with Gasteiger partial charge in [0.1, 0.15) is 0 Å². The smallest absolute Gasteiger partial charge is 0.480 e. The number of carbonyl (C=O) groups is 4. The fourth-order valence-corrected chi connectivity index (χ4v) is 1.72. The quantitative estimate of drug-likeness (QED) is 0.284. The summed E-state index contributed by atoms with van der Waals surface area (Å²) >= 11 is 0. The number of rotatable bonds is 11. The van der Waals surface area contributed by atoms with Gasteiger partial charge in [-0.15, -0.1) is 0 Å². The molecule has 12 heteroatoms. The number of Topliss-reactive ketones (excluding diaryl/α,β-unsaturated/α-hetero) is 1. The molecule has 2 unspecified atom stereocenters. The molecule has 3 N–H and O–H groups in total. The normalized spacial score (nSPS) is 11.2. The molecule has 0 saturated carbocycles. The van der Waals surface area contributed by atoms with E-state index in [0.717, 1.165) is 0 Å². The van der Waals surface area contributed by atoms with Gasteiger partial charge in [-0.3, -0.25) is 29.0 Å². The third-order valence-corrected chi connectivity index (χ3v) is 3.01. The second kappa shape index (κ2) is 25.0. The summed E-state index contributed by atoms with van der Waals surface area (Å²) in [5.74, 6) is -3.62. The summed E-state index contributed by atoms with van der Waals surface area (Å²) in [4.78, 5) is 46.9. The number of aliphatic carboxylic acids is 3. The number of hydrogen-bond acceptors (Lipinski definition) is 6. The van der Waals surface area contributed by atoms with Gasteiger partial charge in [-0.2, -0.15) is 6.92 Å². The third-order valence-electron chi connectivity index (χ3n) is 3.01. The second-order valence-corrected chi connectivity index (χ2v) is 6.28. The van der Waals surface area contributed by atoms with Crippen LogP contribution in [0.3, 0.4) is 0 Å². The molecule has 0 fully saturated rings. The zero-order valence-electron chi connectivity index (χ0n) is 20.3. The minimum atomic E-state index is -1.18. The van der Waals surface area contributed by atoms with Gasteiger partial charge >= 0.3 is 43.8 Å². The predicted octanol–water partition coefficient (Wildman–Crippen LogP) is 1.60. The van der Waals surface area contributed by atoms with Crippen LogP contribution in [0.5, 0.6) is 0 Å². The van der Waals surface area contributed by atoms with Crippen molar-refractivity contribution in [3.63, 3.8) is 0 Å². The summed E-state index contributed by atoms with van der Waals surface area (Å²) in [6.07, 6.45) is 0. The molecular weight excluding hydrogens is 463 g/mol. The van der Waals surface area contributed by atoms with Gasteiger partial charge in [-0.1, -0.05) is 20.8 Å². The van der Waals surface area contributed by atoms with Crippen LogP contribution < -0.4 is 0 Å². The first-order chi connectivity index (χ1) is 14.2. The van der Waals surface area contributed by atoms with E-state index in [1.807, 2.05) is 0 Å². The summed E-state index contributed by atoms with van der Waals surface area (Å²) in [6.45, 7) is 15.2. The standard InChI is InChI=1S/C14H24N2O7.C2H5.2CH4P.Sc/c1-14(2,3)10(17)6-15(7-11(18)19)4-5-16(8-12(20)21)9-13(22)23;3*1-2;/h4-9H2,1-3H3,(H,18,19)(H,20,21)(H,22,23);1H2,2H3;2*1-2H2;/q;3*-1;+3/i;;2*2D;. The maximum absolute atomic E-state index is 12.0. The van der Waals surface area contributed by atoms with Crippen molar-refractivity contribution in [3.05, 3.63) is 20.3 Å². The van der Waals surface area contributed by atoms with Gasteiger partial charge in [-0.25, -0.2) is 0 Å². The van der Waals surface area contributed by atoms with Crippen molar-refractivity contribution in [3.8, 4) is 0 Å². The van der Waals surface area contributed by atoms with Crippen LogP contribution in [0.1, 0.15) is 27.7 Å². The molecule has 0 aromatic heterocycles. The molecule has 0 aliphatic carbocycles. The number of ketones is 1. The van der Waals surface area contributed by atoms with Crippen molar-refractivity contribution in [2.24, 2.45) is 5.41 Å². The summed E-state index contributed by atoms with van der Waals surface area (Å²) in [7, 11) is 0.167. The monoisotopic (exact) mass is 502 g/mol. The Morgan fingerprint density at radius 3 is 1.23 bits per heavy atom. The molecule has 0 bridgehead atoms. The SMILES string of the molecule is CC(C)(C)C(=O)CN(CCN(CC(=O)O)CC(=O)O)CC(=O)O.[2H]P[CH2-].[2H]P[CH2-].[CH2-]C.[Sc+3]. The Kier molecular flexibility index (Phi) is 28.6. The molecule has 0 aliphatic rings. The molecule has 0 aromatic carbocycles. The molecule has 0 saturated heterocycles. The van der Waals surface area contributed by atoms with Gasteiger partial charge in [0.2, 0.25) is 0 Å². The fourth-order valence-electron chi connectivity index (χ4n) is 1.72. The molecule has 0 heterocycles. The van der Waals surface area contributed by atoms with Gasteiger partial charge in [0, 0.05) is 21.1 Å². The Balaban J connectivity index is -0.000000235. The van der Waals surface area contributed by atoms with Gasteiger partial charge in [-0.05, 0) is 0 Å². The number of carboxylic acid groups (broad SMARTS) is 3. The average molecular weight is 502 g/mol. The first-order valence-corrected chi connectivity index (χ1v) is 9.88. The van der Waals surface area contributed by atoms with Crippen LogP contribution in [0.4, 0.5) is 0 Å². The molecule has 0 aromatic rings. The topological polar surface area (TPSA) is 135 Å². The Morgan fingerprint density at radius 1 is 0.800 bits per heavy atom. The Hall–Kier alpha value is -0.270. The van der Waals surface area contributed by atoms with Crippen LogP contribution in [-0.2, 0) is 45.0 Å². The van der Waals surface area contributed by atoms with E-state index in [1.54, 1.807) is 27.7 Å². The van der Waals surface area contributed by atoms with Crippen LogP contribution in [-0.4, -0.2) is 90.6 Å². The van der Waals surface area contributed by atoms with Crippen LogP contribution in [0.2, 0.25) is 0 Å². The number of carbonyl (C=O) groups excluding carboxylic acids is 1. The van der Waals surface area contributed by atoms with Crippen molar-refractivity contribution < 1.29 is 60.3 Å². The maximum atomic E-state index is 12.0. The molecule has 30 heavy (non-hydrogen) atoms. The molecule has 0 spiro atoms. The van der Waals surface area contributed by atoms with E-state index in [2.05, 4.69) is 20.3 Å². The van der Waals surface area contributed by atoms with E-state index in [0.29, 0.717) is 0 Å². The fraction of sp³-hybridized carbons (Fsp3) is 0.611. The predicted molar refractivity (Wildman–Crippen MR) is 121 cm³/mol. The average Bonchev–Trinajstić information content (AvgIpc) is 2.60. The van der Waals surface area contributed by atoms with Gasteiger partial charge in [0.05, 0.1) is 26.2 Å².